The van der Waals surface area contributed by atoms with Gasteiger partial charge in [-0.3, -0.25) is 0 Å². The Hall–Kier alpha value is -1.90. The molecule has 0 spiro atoms. The maximum atomic E-state index is 5.24. The molecule has 1 heteroatoms. The third kappa shape index (κ3) is 2.56. The Labute approximate surface area is 78.4 Å². The topological polar surface area (TPSA) is 9.23 Å². The van der Waals surface area contributed by atoms with Crippen LogP contribution >= 0.6 is 0 Å². The minimum absolute atomic E-state index is 0.730. The van der Waals surface area contributed by atoms with Gasteiger partial charge in [0.05, 0.1) is 5.56 Å². The van der Waals surface area contributed by atoms with Crippen LogP contribution in [-0.4, -0.2) is 0 Å². The summed E-state index contributed by atoms with van der Waals surface area (Å²) >= 11 is 0. The summed E-state index contributed by atoms with van der Waals surface area (Å²) in [7, 11) is 0. The van der Waals surface area contributed by atoms with Gasteiger partial charge in [0.1, 0.15) is 12.0 Å². The van der Waals surface area contributed by atoms with E-state index in [1.165, 1.54) is 6.26 Å². The lowest BCUT2D eigenvalue weighted by Gasteiger charge is -2.00. The van der Waals surface area contributed by atoms with E-state index in [2.05, 4.69) is 24.2 Å². The first-order valence-electron chi connectivity index (χ1n) is 3.91. The highest BCUT2D eigenvalue weighted by atomic mass is 16.5. The van der Waals surface area contributed by atoms with Gasteiger partial charge in [-0.1, -0.05) is 30.4 Å². The van der Waals surface area contributed by atoms with Crippen LogP contribution < -0.4 is 4.74 Å². The zero-order valence-corrected chi connectivity index (χ0v) is 7.50. The monoisotopic (exact) mass is 170 g/mol. The smallest absolute Gasteiger partial charge is 0.143 e. The van der Waals surface area contributed by atoms with E-state index >= 15 is 0 Å². The van der Waals surface area contributed by atoms with Gasteiger partial charge in [0.15, 0.2) is 0 Å². The van der Waals surface area contributed by atoms with Crippen molar-refractivity contribution in [3.05, 3.63) is 48.4 Å². The van der Waals surface area contributed by atoms with E-state index < -0.39 is 0 Å². The highest BCUT2D eigenvalue weighted by molar-refractivity contribution is 5.45. The molecule has 1 rings (SSSR count). The van der Waals surface area contributed by atoms with Crippen LogP contribution in [0.1, 0.15) is 12.5 Å². The molecule has 0 aromatic heterocycles. The first kappa shape index (κ1) is 9.19. The van der Waals surface area contributed by atoms with Gasteiger partial charge in [0.2, 0.25) is 0 Å². The molecule has 1 nitrogen and oxygen atoms in total. The lowest BCUT2D eigenvalue weighted by Crippen LogP contribution is -1.85. The Kier molecular flexibility index (Phi) is 3.45. The fraction of sp³-hybridized carbons (Fsp3) is 0.0833. The summed E-state index contributed by atoms with van der Waals surface area (Å²) in [4.78, 5) is 0. The molecule has 0 atom stereocenters. The summed E-state index contributed by atoms with van der Waals surface area (Å²) in [6.07, 6.45) is 1.41. The molecule has 0 fully saturated rings. The van der Waals surface area contributed by atoms with Crippen molar-refractivity contribution in [2.75, 3.05) is 0 Å². The van der Waals surface area contributed by atoms with Crippen molar-refractivity contribution in [1.29, 1.82) is 0 Å². The van der Waals surface area contributed by atoms with Crippen LogP contribution in [0.2, 0.25) is 0 Å². The maximum Gasteiger partial charge on any atom is 0.143 e. The van der Waals surface area contributed by atoms with Gasteiger partial charge in [-0.15, -0.1) is 5.92 Å². The van der Waals surface area contributed by atoms with Crippen LogP contribution in [0.5, 0.6) is 5.75 Å². The Bertz CT molecular complexity index is 387. The number of para-hydroxylation sites is 1. The fourth-order valence-corrected chi connectivity index (χ4v) is 0.912. The molecule has 13 heavy (non-hydrogen) atoms. The summed E-state index contributed by atoms with van der Waals surface area (Å²) < 4.78 is 5.24. The summed E-state index contributed by atoms with van der Waals surface area (Å²) in [6.45, 7) is 5.20. The first-order chi connectivity index (χ1) is 6.38. The van der Waals surface area contributed by atoms with Crippen LogP contribution in [0, 0.1) is 11.8 Å². The van der Waals surface area contributed by atoms with Gasteiger partial charge in [0, 0.05) is 0 Å². The van der Waals surface area contributed by atoms with Crippen LogP contribution in [0.25, 0.3) is 0 Å². The SMILES string of the molecule is C=C=COc1ccccc1C#CC. The van der Waals surface area contributed by atoms with Gasteiger partial charge in [0.25, 0.3) is 0 Å². The van der Waals surface area contributed by atoms with Crippen LogP contribution in [0.15, 0.2) is 42.8 Å². The predicted molar refractivity (Wildman–Crippen MR) is 53.3 cm³/mol. The predicted octanol–water partition coefficient (Wildman–Crippen LogP) is 2.74. The van der Waals surface area contributed by atoms with E-state index in [-0.39, 0.29) is 0 Å². The van der Waals surface area contributed by atoms with Crippen molar-refractivity contribution in [2.45, 2.75) is 6.92 Å². The van der Waals surface area contributed by atoms with Gasteiger partial charge >= 0.3 is 0 Å². The zero-order valence-electron chi connectivity index (χ0n) is 7.50. The molecular formula is C12H10O. The van der Waals surface area contributed by atoms with Crippen molar-refractivity contribution in [2.24, 2.45) is 0 Å². The van der Waals surface area contributed by atoms with E-state index in [0.29, 0.717) is 0 Å². The Morgan fingerprint density at radius 2 is 2.15 bits per heavy atom. The fourth-order valence-electron chi connectivity index (χ4n) is 0.912. The number of rotatable bonds is 2. The van der Waals surface area contributed by atoms with E-state index in [9.17, 15) is 0 Å². The Balaban J connectivity index is 3.01. The van der Waals surface area contributed by atoms with Gasteiger partial charge in [-0.2, -0.15) is 0 Å². The minimum Gasteiger partial charge on any atom is -0.455 e. The minimum atomic E-state index is 0.730. The molecule has 1 aromatic rings. The summed E-state index contributed by atoms with van der Waals surface area (Å²) in [5.74, 6) is 6.49. The standard InChI is InChI=1S/C12H10O/c1-3-7-11-8-5-6-9-12(11)13-10-4-2/h5-6,8-10H,2H2,1H3. The molecule has 0 bridgehead atoms. The molecule has 0 radical (unpaired) electrons. The lowest BCUT2D eigenvalue weighted by molar-refractivity contribution is 0.481. The molecule has 0 saturated heterocycles. The highest BCUT2D eigenvalue weighted by Gasteiger charge is 1.96. The summed E-state index contributed by atoms with van der Waals surface area (Å²) in [6, 6.07) is 7.58. The molecule has 0 N–H and O–H groups in total. The van der Waals surface area contributed by atoms with Gasteiger partial charge < -0.3 is 4.74 Å². The van der Waals surface area contributed by atoms with E-state index in [0.717, 1.165) is 11.3 Å². The van der Waals surface area contributed by atoms with Gasteiger partial charge in [-0.05, 0) is 19.1 Å². The molecule has 0 unspecified atom stereocenters. The summed E-state index contributed by atoms with van der Waals surface area (Å²) in [5, 5.41) is 0. The second-order valence-electron chi connectivity index (χ2n) is 2.31. The average Bonchev–Trinajstić information content (AvgIpc) is 2.17. The molecule has 1 aromatic carbocycles. The molecule has 0 heterocycles. The first-order valence-corrected chi connectivity index (χ1v) is 3.91. The average molecular weight is 170 g/mol. The normalized spacial score (nSPS) is 7.77. The third-order valence-corrected chi connectivity index (χ3v) is 1.42. The Morgan fingerprint density at radius 3 is 2.85 bits per heavy atom. The number of hydrogen-bond donors (Lipinski definition) is 0. The lowest BCUT2D eigenvalue weighted by atomic mass is 10.2. The van der Waals surface area contributed by atoms with Crippen molar-refractivity contribution < 1.29 is 4.74 Å². The third-order valence-electron chi connectivity index (χ3n) is 1.42. The van der Waals surface area contributed by atoms with Crippen molar-refractivity contribution in [3.63, 3.8) is 0 Å². The maximum absolute atomic E-state index is 5.24. The zero-order chi connectivity index (χ0) is 9.52. The molecule has 0 aliphatic heterocycles. The number of benzene rings is 1. The van der Waals surface area contributed by atoms with Crippen LogP contribution in [0.3, 0.4) is 0 Å². The molecule has 0 saturated carbocycles. The molecule has 0 aliphatic carbocycles. The second-order valence-corrected chi connectivity index (χ2v) is 2.31. The van der Waals surface area contributed by atoms with Crippen molar-refractivity contribution in [3.8, 4) is 17.6 Å². The second kappa shape index (κ2) is 4.87. The number of ether oxygens (including phenoxy) is 1. The molecule has 0 amide bonds. The quantitative estimate of drug-likeness (QED) is 0.376. The van der Waals surface area contributed by atoms with E-state index in [1.807, 2.05) is 24.3 Å². The molecule has 0 aliphatic rings. The summed E-state index contributed by atoms with van der Waals surface area (Å²) in [5.41, 5.74) is 3.41. The highest BCUT2D eigenvalue weighted by Crippen LogP contribution is 2.16. The van der Waals surface area contributed by atoms with Gasteiger partial charge in [-0.25, -0.2) is 0 Å². The van der Waals surface area contributed by atoms with Crippen molar-refractivity contribution >= 4 is 0 Å². The van der Waals surface area contributed by atoms with E-state index in [4.69, 9.17) is 4.74 Å². The molecular weight excluding hydrogens is 160 g/mol. The van der Waals surface area contributed by atoms with Crippen molar-refractivity contribution in [1.82, 2.24) is 0 Å². The molecule has 64 valence electrons. The van der Waals surface area contributed by atoms with Crippen LogP contribution in [0.4, 0.5) is 0 Å². The number of hydrogen-bond acceptors (Lipinski definition) is 1. The largest absolute Gasteiger partial charge is 0.455 e. The Morgan fingerprint density at radius 1 is 1.38 bits per heavy atom. The van der Waals surface area contributed by atoms with E-state index in [1.54, 1.807) is 6.92 Å². The van der Waals surface area contributed by atoms with Crippen LogP contribution in [-0.2, 0) is 0 Å².